The summed E-state index contributed by atoms with van der Waals surface area (Å²) in [5, 5.41) is 6.81. The quantitative estimate of drug-likeness (QED) is 0.810. The van der Waals surface area contributed by atoms with Gasteiger partial charge in [0.25, 0.3) is 0 Å². The predicted molar refractivity (Wildman–Crippen MR) is 75.1 cm³/mol. The molecule has 1 rings (SSSR count). The lowest BCUT2D eigenvalue weighted by Gasteiger charge is -2.05. The fraction of sp³-hybridized carbons (Fsp3) is 0.750. The van der Waals surface area contributed by atoms with E-state index in [1.54, 1.807) is 11.3 Å². The van der Waals surface area contributed by atoms with Crippen molar-refractivity contribution in [1.82, 2.24) is 10.3 Å². The highest BCUT2D eigenvalue weighted by atomic mass is 32.2. The van der Waals surface area contributed by atoms with Crippen LogP contribution in [0.25, 0.3) is 0 Å². The highest BCUT2D eigenvalue weighted by Crippen LogP contribution is 2.18. The molecule has 1 heterocycles. The normalized spacial score (nSPS) is 11.6. The molecule has 0 aromatic carbocycles. The van der Waals surface area contributed by atoms with Gasteiger partial charge < -0.3 is 5.32 Å². The minimum absolute atomic E-state index is 0.528. The molecule has 1 aromatic rings. The number of hydrogen-bond acceptors (Lipinski definition) is 4. The summed E-state index contributed by atoms with van der Waals surface area (Å²) in [6, 6.07) is 0.528. The summed E-state index contributed by atoms with van der Waals surface area (Å²) in [7, 11) is 0. The molecule has 16 heavy (non-hydrogen) atoms. The van der Waals surface area contributed by atoms with E-state index in [0.717, 1.165) is 18.2 Å². The maximum atomic E-state index is 4.61. The Balaban J connectivity index is 2.28. The molecule has 0 radical (unpaired) electrons. The van der Waals surface area contributed by atoms with Crippen molar-refractivity contribution in [2.24, 2.45) is 5.92 Å². The van der Waals surface area contributed by atoms with E-state index in [9.17, 15) is 0 Å². The number of rotatable bonds is 7. The number of aromatic nitrogens is 1. The fourth-order valence-electron chi connectivity index (χ4n) is 1.19. The zero-order chi connectivity index (χ0) is 12.0. The second kappa shape index (κ2) is 7.30. The average molecular weight is 258 g/mol. The molecule has 92 valence electrons. The molecule has 0 aliphatic rings. The molecule has 4 heteroatoms. The Hall–Kier alpha value is -0.0600. The van der Waals surface area contributed by atoms with Gasteiger partial charge in [-0.05, 0) is 11.7 Å². The Morgan fingerprint density at radius 1 is 1.38 bits per heavy atom. The van der Waals surface area contributed by atoms with Crippen LogP contribution in [-0.2, 0) is 12.3 Å². The molecular formula is C12H22N2S2. The van der Waals surface area contributed by atoms with E-state index in [-0.39, 0.29) is 0 Å². The molecule has 0 bridgehead atoms. The Labute approximate surface area is 107 Å². The number of hydrogen-bond donors (Lipinski definition) is 1. The second-order valence-corrected chi connectivity index (χ2v) is 6.65. The lowest BCUT2D eigenvalue weighted by Crippen LogP contribution is -2.21. The van der Waals surface area contributed by atoms with Crippen LogP contribution in [0.5, 0.6) is 0 Å². The number of thiazole rings is 1. The van der Waals surface area contributed by atoms with Gasteiger partial charge in [-0.15, -0.1) is 11.3 Å². The van der Waals surface area contributed by atoms with Crippen molar-refractivity contribution in [3.05, 3.63) is 16.1 Å². The van der Waals surface area contributed by atoms with Crippen molar-refractivity contribution in [3.8, 4) is 0 Å². The Bertz CT molecular complexity index is 295. The molecule has 0 atom stereocenters. The van der Waals surface area contributed by atoms with Gasteiger partial charge in [0.1, 0.15) is 5.01 Å². The highest BCUT2D eigenvalue weighted by molar-refractivity contribution is 7.98. The average Bonchev–Trinajstić information content (AvgIpc) is 2.62. The van der Waals surface area contributed by atoms with Crippen molar-refractivity contribution in [2.75, 3.05) is 5.75 Å². The number of nitrogens with one attached hydrogen (secondary N) is 1. The first-order chi connectivity index (χ1) is 7.58. The predicted octanol–water partition coefficient (Wildman–Crippen LogP) is 3.53. The summed E-state index contributed by atoms with van der Waals surface area (Å²) in [6.07, 6.45) is 0. The van der Waals surface area contributed by atoms with Crippen LogP contribution >= 0.6 is 23.1 Å². The first-order valence-corrected chi connectivity index (χ1v) is 7.85. The molecule has 0 saturated carbocycles. The lowest BCUT2D eigenvalue weighted by molar-refractivity contribution is 0.582. The summed E-state index contributed by atoms with van der Waals surface area (Å²) < 4.78 is 0. The zero-order valence-electron chi connectivity index (χ0n) is 10.6. The summed E-state index contributed by atoms with van der Waals surface area (Å²) >= 11 is 3.76. The van der Waals surface area contributed by atoms with Crippen molar-refractivity contribution in [1.29, 1.82) is 0 Å². The second-order valence-electron chi connectivity index (χ2n) is 4.68. The first kappa shape index (κ1) is 14.0. The summed E-state index contributed by atoms with van der Waals surface area (Å²) in [5.41, 5.74) is 1.18. The molecule has 0 fully saturated rings. The largest absolute Gasteiger partial charge is 0.309 e. The minimum atomic E-state index is 0.528. The maximum absolute atomic E-state index is 4.61. The number of thioether (sulfide) groups is 1. The highest BCUT2D eigenvalue weighted by Gasteiger charge is 2.03. The molecule has 1 N–H and O–H groups in total. The van der Waals surface area contributed by atoms with Gasteiger partial charge in [-0.3, -0.25) is 0 Å². The molecular weight excluding hydrogens is 236 g/mol. The van der Waals surface area contributed by atoms with Crippen molar-refractivity contribution >= 4 is 23.1 Å². The van der Waals surface area contributed by atoms with Gasteiger partial charge >= 0.3 is 0 Å². The Kier molecular flexibility index (Phi) is 6.39. The molecule has 1 aromatic heterocycles. The van der Waals surface area contributed by atoms with E-state index in [2.05, 4.69) is 43.4 Å². The van der Waals surface area contributed by atoms with E-state index in [1.807, 2.05) is 11.8 Å². The van der Waals surface area contributed by atoms with E-state index in [1.165, 1.54) is 16.5 Å². The van der Waals surface area contributed by atoms with Crippen molar-refractivity contribution in [3.63, 3.8) is 0 Å². The van der Waals surface area contributed by atoms with Crippen LogP contribution in [0.4, 0.5) is 0 Å². The van der Waals surface area contributed by atoms with Gasteiger partial charge in [-0.1, -0.05) is 27.7 Å². The smallest absolute Gasteiger partial charge is 0.103 e. The molecule has 0 saturated heterocycles. The van der Waals surface area contributed by atoms with Gasteiger partial charge in [-0.2, -0.15) is 11.8 Å². The van der Waals surface area contributed by atoms with Gasteiger partial charge in [0.05, 0.1) is 5.69 Å². The van der Waals surface area contributed by atoms with Gasteiger partial charge in [0.15, 0.2) is 0 Å². The van der Waals surface area contributed by atoms with Crippen molar-refractivity contribution < 1.29 is 0 Å². The molecule has 0 amide bonds. The molecule has 0 unspecified atom stereocenters. The van der Waals surface area contributed by atoms with Crippen LogP contribution < -0.4 is 5.32 Å². The van der Waals surface area contributed by atoms with E-state index in [4.69, 9.17) is 0 Å². The van der Waals surface area contributed by atoms with Gasteiger partial charge in [0, 0.05) is 23.7 Å². The van der Waals surface area contributed by atoms with Crippen LogP contribution in [0, 0.1) is 5.92 Å². The summed E-state index contributed by atoms with van der Waals surface area (Å²) in [4.78, 5) is 4.61. The maximum Gasteiger partial charge on any atom is 0.103 e. The molecule has 2 nitrogen and oxygen atoms in total. The van der Waals surface area contributed by atoms with Gasteiger partial charge in [0.2, 0.25) is 0 Å². The zero-order valence-corrected chi connectivity index (χ0v) is 12.3. The first-order valence-electron chi connectivity index (χ1n) is 5.82. The van der Waals surface area contributed by atoms with Crippen LogP contribution in [0.2, 0.25) is 0 Å². The van der Waals surface area contributed by atoms with Crippen LogP contribution in [0.1, 0.15) is 38.4 Å². The van der Waals surface area contributed by atoms with E-state index >= 15 is 0 Å². The third kappa shape index (κ3) is 5.87. The topological polar surface area (TPSA) is 24.9 Å². The SMILES string of the molecule is CC(C)CSCc1nc(CNC(C)C)cs1. The molecule has 0 spiro atoms. The van der Waals surface area contributed by atoms with Gasteiger partial charge in [-0.25, -0.2) is 4.98 Å². The monoisotopic (exact) mass is 258 g/mol. The van der Waals surface area contributed by atoms with Crippen molar-refractivity contribution in [2.45, 2.75) is 46.0 Å². The summed E-state index contributed by atoms with van der Waals surface area (Å²) in [6.45, 7) is 9.72. The Morgan fingerprint density at radius 3 is 2.75 bits per heavy atom. The third-order valence-corrected chi connectivity index (χ3v) is 4.43. The standard InChI is InChI=1S/C12H22N2S2/c1-9(2)6-15-8-12-14-11(7-16-12)5-13-10(3)4/h7,9-10,13H,5-6,8H2,1-4H3. The van der Waals surface area contributed by atoms with Crippen LogP contribution in [0.3, 0.4) is 0 Å². The lowest BCUT2D eigenvalue weighted by atomic mass is 10.3. The fourth-order valence-corrected chi connectivity index (χ4v) is 3.12. The van der Waals surface area contributed by atoms with Crippen LogP contribution in [0.15, 0.2) is 5.38 Å². The van der Waals surface area contributed by atoms with Crippen LogP contribution in [-0.4, -0.2) is 16.8 Å². The molecule has 0 aliphatic carbocycles. The number of nitrogens with zero attached hydrogens (tertiary/aromatic N) is 1. The third-order valence-electron chi connectivity index (χ3n) is 1.97. The molecule has 0 aliphatic heterocycles. The summed E-state index contributed by atoms with van der Waals surface area (Å²) in [5.74, 6) is 3.05. The van der Waals surface area contributed by atoms with E-state index < -0.39 is 0 Å². The Morgan fingerprint density at radius 2 is 2.12 bits per heavy atom. The van der Waals surface area contributed by atoms with E-state index in [0.29, 0.717) is 6.04 Å². The minimum Gasteiger partial charge on any atom is -0.309 e.